The van der Waals surface area contributed by atoms with Crippen LogP contribution in [0.4, 0.5) is 9.59 Å². The van der Waals surface area contributed by atoms with Gasteiger partial charge < -0.3 is 16.8 Å². The molecule has 0 aliphatic carbocycles. The smallest absolute Gasteiger partial charge is 0.276 e. The van der Waals surface area contributed by atoms with Crippen molar-refractivity contribution >= 4 is 35.7 Å². The van der Waals surface area contributed by atoms with Gasteiger partial charge in [-0.1, -0.05) is 156 Å². The van der Waals surface area contributed by atoms with E-state index >= 15 is 0 Å². The molecule has 0 radical (unpaired) electrons. The van der Waals surface area contributed by atoms with Crippen molar-refractivity contribution in [1.29, 1.82) is 0 Å². The number of carbonyl (C=O) groups is 2. The fourth-order valence-electron chi connectivity index (χ4n) is 3.77. The Morgan fingerprint density at radius 3 is 1.19 bits per heavy atom. The van der Waals surface area contributed by atoms with Gasteiger partial charge in [0.1, 0.15) is 0 Å². The highest BCUT2D eigenvalue weighted by Gasteiger charge is 2.26. The molecule has 0 aromatic carbocycles. The summed E-state index contributed by atoms with van der Waals surface area (Å²) < 4.78 is 0. The SMILES string of the molecule is CC(C)C(C)(N)C(C)C.CCCCCCCCCCCCCCCCCC(C)NC(=O)S.NC(=O)S. The summed E-state index contributed by atoms with van der Waals surface area (Å²) in [5.74, 6) is 1.13. The zero-order valence-corrected chi connectivity index (χ0v) is 26.7. The molecule has 0 aromatic heterocycles. The molecule has 7 heteroatoms. The van der Waals surface area contributed by atoms with Crippen LogP contribution in [0.3, 0.4) is 0 Å². The Morgan fingerprint density at radius 1 is 0.694 bits per heavy atom. The third-order valence-electron chi connectivity index (χ3n) is 7.10. The molecule has 0 aromatic rings. The number of unbranched alkanes of at least 4 members (excludes halogenated alkanes) is 14. The maximum atomic E-state index is 10.8. The predicted octanol–water partition coefficient (Wildman–Crippen LogP) is 9.29. The lowest BCUT2D eigenvalue weighted by atomic mass is 9.80. The molecule has 1 atom stereocenters. The molecule has 36 heavy (non-hydrogen) atoms. The van der Waals surface area contributed by atoms with E-state index in [9.17, 15) is 4.79 Å². The van der Waals surface area contributed by atoms with Gasteiger partial charge in [0.05, 0.1) is 0 Å². The summed E-state index contributed by atoms with van der Waals surface area (Å²) in [7, 11) is 0. The Labute approximate surface area is 236 Å². The van der Waals surface area contributed by atoms with Gasteiger partial charge in [0.15, 0.2) is 0 Å². The molecule has 0 aliphatic heterocycles. The minimum Gasteiger partial charge on any atom is -0.361 e. The van der Waals surface area contributed by atoms with Gasteiger partial charge in [0.25, 0.3) is 10.5 Å². The van der Waals surface area contributed by atoms with Crippen molar-refractivity contribution in [2.75, 3.05) is 0 Å². The van der Waals surface area contributed by atoms with Gasteiger partial charge in [-0.05, 0) is 32.1 Å². The number of hydrogen-bond acceptors (Lipinski definition) is 3. The van der Waals surface area contributed by atoms with Gasteiger partial charge >= 0.3 is 0 Å². The largest absolute Gasteiger partial charge is 0.361 e. The van der Waals surface area contributed by atoms with Crippen LogP contribution < -0.4 is 16.8 Å². The number of thiol groups is 2. The van der Waals surface area contributed by atoms with Crippen molar-refractivity contribution in [3.63, 3.8) is 0 Å². The third kappa shape index (κ3) is 33.6. The number of hydrogen-bond donors (Lipinski definition) is 5. The molecule has 5 nitrogen and oxygen atoms in total. The van der Waals surface area contributed by atoms with Crippen molar-refractivity contribution < 1.29 is 9.59 Å². The van der Waals surface area contributed by atoms with Crippen LogP contribution in [0.1, 0.15) is 151 Å². The third-order valence-corrected chi connectivity index (χ3v) is 7.23. The zero-order chi connectivity index (χ0) is 28.4. The van der Waals surface area contributed by atoms with Crippen LogP contribution in [0.25, 0.3) is 0 Å². The van der Waals surface area contributed by atoms with E-state index in [0.717, 1.165) is 6.42 Å². The van der Waals surface area contributed by atoms with Crippen LogP contribution >= 0.6 is 25.3 Å². The van der Waals surface area contributed by atoms with E-state index in [-0.39, 0.29) is 16.8 Å². The second-order valence-corrected chi connectivity index (χ2v) is 11.9. The minimum atomic E-state index is -0.639. The standard InChI is InChI=1S/C20H41NOS.C8H19N.CH3NOS/c1-3-4-5-6-7-8-9-10-11-12-13-14-15-16-17-18-19(2)21-20(22)23;1-6(2)8(5,9)7(3)4;2-1(3)4/h19H,3-18H2,1-2H3,(H2,21,22,23);6-7H,9H2,1-5H3;(H3,2,3,4). The average molecular weight is 550 g/mol. The van der Waals surface area contributed by atoms with Gasteiger partial charge in [0.2, 0.25) is 0 Å². The number of primary amides is 1. The minimum absolute atomic E-state index is 0.000000000000000222. The Morgan fingerprint density at radius 2 is 0.972 bits per heavy atom. The first kappa shape index (κ1) is 40.1. The molecule has 0 rings (SSSR count). The number of nitrogens with one attached hydrogen (secondary N) is 1. The van der Waals surface area contributed by atoms with Gasteiger partial charge in [-0.3, -0.25) is 9.59 Å². The first-order valence-corrected chi connectivity index (χ1v) is 15.4. The number of rotatable bonds is 19. The molecule has 5 N–H and O–H groups in total. The van der Waals surface area contributed by atoms with E-state index < -0.39 is 5.24 Å². The van der Waals surface area contributed by atoms with Crippen molar-refractivity contribution in [3.05, 3.63) is 0 Å². The Bertz CT molecular complexity index is 487. The van der Waals surface area contributed by atoms with E-state index in [0.29, 0.717) is 11.8 Å². The van der Waals surface area contributed by atoms with E-state index in [1.54, 1.807) is 0 Å². The molecule has 0 spiro atoms. The summed E-state index contributed by atoms with van der Waals surface area (Å²) in [5.41, 5.74) is 10.3. The summed E-state index contributed by atoms with van der Waals surface area (Å²) >= 11 is 6.84. The van der Waals surface area contributed by atoms with Crippen molar-refractivity contribution in [1.82, 2.24) is 5.32 Å². The summed E-state index contributed by atoms with van der Waals surface area (Å²) in [5, 5.41) is 1.97. The molecular formula is C29H63N3O2S2. The lowest BCUT2D eigenvalue weighted by Gasteiger charge is -2.33. The van der Waals surface area contributed by atoms with E-state index in [1.807, 2.05) is 0 Å². The van der Waals surface area contributed by atoms with Crippen LogP contribution in [-0.2, 0) is 0 Å². The van der Waals surface area contributed by atoms with Crippen molar-refractivity contribution in [2.24, 2.45) is 23.3 Å². The van der Waals surface area contributed by atoms with Crippen LogP contribution in [0.2, 0.25) is 0 Å². The Balaban J connectivity index is -0.000000687. The fraction of sp³-hybridized carbons (Fsp3) is 0.931. The van der Waals surface area contributed by atoms with Gasteiger partial charge in [-0.25, -0.2) is 0 Å². The molecule has 1 unspecified atom stereocenters. The molecule has 0 heterocycles. The number of nitrogens with two attached hydrogens (primary N) is 2. The first-order chi connectivity index (χ1) is 16.8. The number of amides is 2. The monoisotopic (exact) mass is 549 g/mol. The Hall–Kier alpha value is -0.400. The van der Waals surface area contributed by atoms with Crippen molar-refractivity contribution in [3.8, 4) is 0 Å². The van der Waals surface area contributed by atoms with E-state index in [1.165, 1.54) is 96.3 Å². The molecule has 0 fully saturated rings. The zero-order valence-electron chi connectivity index (χ0n) is 24.9. The molecule has 0 saturated carbocycles. The van der Waals surface area contributed by atoms with Gasteiger partial charge in [0, 0.05) is 11.6 Å². The van der Waals surface area contributed by atoms with E-state index in [2.05, 4.69) is 84.8 Å². The summed E-state index contributed by atoms with van der Waals surface area (Å²) in [4.78, 5) is 19.9. The predicted molar refractivity (Wildman–Crippen MR) is 167 cm³/mol. The van der Waals surface area contributed by atoms with Crippen LogP contribution in [-0.4, -0.2) is 22.1 Å². The first-order valence-electron chi connectivity index (χ1n) is 14.6. The fourth-order valence-corrected chi connectivity index (χ4v) is 3.99. The maximum absolute atomic E-state index is 10.8. The highest BCUT2D eigenvalue weighted by atomic mass is 32.1. The lowest BCUT2D eigenvalue weighted by molar-refractivity contribution is 0.250. The van der Waals surface area contributed by atoms with E-state index in [4.69, 9.17) is 10.5 Å². The average Bonchev–Trinajstić information content (AvgIpc) is 2.75. The second kappa shape index (κ2) is 27.6. The molecule has 0 saturated heterocycles. The molecule has 0 aliphatic rings. The second-order valence-electron chi connectivity index (χ2n) is 11.1. The molecule has 218 valence electrons. The highest BCUT2D eigenvalue weighted by Crippen LogP contribution is 2.21. The Kier molecular flexibility index (Phi) is 30.8. The molecule has 2 amide bonds. The van der Waals surface area contributed by atoms with Gasteiger partial charge in [-0.2, -0.15) is 0 Å². The molecule has 0 bridgehead atoms. The topological polar surface area (TPSA) is 98.2 Å². The quantitative estimate of drug-likeness (QED) is 0.0820. The van der Waals surface area contributed by atoms with Crippen LogP contribution in [0.15, 0.2) is 0 Å². The lowest BCUT2D eigenvalue weighted by Crippen LogP contribution is -2.46. The van der Waals surface area contributed by atoms with Crippen molar-refractivity contribution in [2.45, 2.75) is 163 Å². The highest BCUT2D eigenvalue weighted by molar-refractivity contribution is 7.96. The summed E-state index contributed by atoms with van der Waals surface area (Å²) in [6.45, 7) is 15.1. The maximum Gasteiger partial charge on any atom is 0.276 e. The van der Waals surface area contributed by atoms with Crippen LogP contribution in [0.5, 0.6) is 0 Å². The summed E-state index contributed by atoms with van der Waals surface area (Å²) in [6.07, 6.45) is 22.0. The number of carbonyl (C=O) groups excluding carboxylic acids is 2. The van der Waals surface area contributed by atoms with Crippen LogP contribution in [0, 0.1) is 11.8 Å². The normalized spacial score (nSPS) is 11.9. The molecular weight excluding hydrogens is 486 g/mol. The summed E-state index contributed by atoms with van der Waals surface area (Å²) in [6, 6.07) is 0.266. The van der Waals surface area contributed by atoms with Gasteiger partial charge in [-0.15, -0.1) is 0 Å².